The van der Waals surface area contributed by atoms with Gasteiger partial charge in [-0.05, 0) is 12.0 Å². The average Bonchev–Trinajstić information content (AvgIpc) is 2.38. The Balaban J connectivity index is 2.25. The Morgan fingerprint density at radius 1 is 1.20 bits per heavy atom. The lowest BCUT2D eigenvalue weighted by Gasteiger charge is -2.38. The fourth-order valence-corrected chi connectivity index (χ4v) is 2.65. The van der Waals surface area contributed by atoms with Gasteiger partial charge >= 0.3 is 11.9 Å². The maximum atomic E-state index is 11.4. The molecule has 0 amide bonds. The van der Waals surface area contributed by atoms with E-state index in [4.69, 9.17) is 0 Å². The van der Waals surface area contributed by atoms with E-state index in [9.17, 15) is 19.8 Å². The van der Waals surface area contributed by atoms with Crippen molar-refractivity contribution in [3.8, 4) is 0 Å². The minimum atomic E-state index is -1.10. The van der Waals surface area contributed by atoms with E-state index in [1.54, 1.807) is 4.90 Å². The molecule has 0 spiro atoms. The van der Waals surface area contributed by atoms with E-state index in [0.29, 0.717) is 13.1 Å². The minimum absolute atomic E-state index is 0.220. The first-order chi connectivity index (χ1) is 9.49. The smallest absolute Gasteiger partial charge is 0.321 e. The first-order valence-electron chi connectivity index (χ1n) is 6.39. The number of carbonyl (C=O) groups is 2. The summed E-state index contributed by atoms with van der Waals surface area (Å²) in [5, 5.41) is 18.6. The standard InChI is InChI=1S/C15H17NO4/c1-10-7-12(14(17)18)13(15(19)20)16(8-10)9-11-5-3-2-4-6-11/h2-6,12-13H,1,7-9H2,(H,17,18)(H,19,20)/t12-,13-/m0/s1. The molecule has 1 aliphatic heterocycles. The molecule has 0 bridgehead atoms. The molecule has 1 aromatic rings. The molecule has 0 aliphatic carbocycles. The van der Waals surface area contributed by atoms with Gasteiger partial charge < -0.3 is 10.2 Å². The normalized spacial score (nSPS) is 23.5. The molecule has 1 aliphatic rings. The summed E-state index contributed by atoms with van der Waals surface area (Å²) in [5.74, 6) is -3.13. The summed E-state index contributed by atoms with van der Waals surface area (Å²) >= 11 is 0. The third kappa shape index (κ3) is 3.05. The molecule has 1 aromatic carbocycles. The summed E-state index contributed by atoms with van der Waals surface area (Å²) in [7, 11) is 0. The van der Waals surface area contributed by atoms with Gasteiger partial charge in [-0.3, -0.25) is 14.5 Å². The summed E-state index contributed by atoms with van der Waals surface area (Å²) in [6.07, 6.45) is 0.220. The first-order valence-corrected chi connectivity index (χ1v) is 6.39. The highest BCUT2D eigenvalue weighted by Crippen LogP contribution is 2.28. The molecule has 2 atom stereocenters. The largest absolute Gasteiger partial charge is 0.481 e. The van der Waals surface area contributed by atoms with Crippen LogP contribution in [0.25, 0.3) is 0 Å². The topological polar surface area (TPSA) is 77.8 Å². The van der Waals surface area contributed by atoms with Crippen LogP contribution in [0.1, 0.15) is 12.0 Å². The summed E-state index contributed by atoms with van der Waals surface area (Å²) in [5.41, 5.74) is 1.71. The second-order valence-corrected chi connectivity index (χ2v) is 5.07. The van der Waals surface area contributed by atoms with Crippen LogP contribution in [0.15, 0.2) is 42.5 Å². The minimum Gasteiger partial charge on any atom is -0.481 e. The van der Waals surface area contributed by atoms with Crippen LogP contribution in [0, 0.1) is 5.92 Å². The zero-order valence-corrected chi connectivity index (χ0v) is 11.0. The van der Waals surface area contributed by atoms with Crippen LogP contribution in [0.5, 0.6) is 0 Å². The molecule has 1 heterocycles. The van der Waals surface area contributed by atoms with E-state index in [1.165, 1.54) is 0 Å². The number of rotatable bonds is 4. The molecular formula is C15H17NO4. The van der Waals surface area contributed by atoms with E-state index in [2.05, 4.69) is 6.58 Å². The number of piperidine rings is 1. The second-order valence-electron chi connectivity index (χ2n) is 5.07. The number of nitrogens with zero attached hydrogens (tertiary/aromatic N) is 1. The third-order valence-corrected chi connectivity index (χ3v) is 3.51. The van der Waals surface area contributed by atoms with Crippen LogP contribution < -0.4 is 0 Å². The summed E-state index contributed by atoms with van der Waals surface area (Å²) in [4.78, 5) is 24.4. The Bertz CT molecular complexity index is 526. The highest BCUT2D eigenvalue weighted by atomic mass is 16.4. The predicted octanol–water partition coefficient (Wildman–Crippen LogP) is 1.60. The number of aliphatic carboxylic acids is 2. The van der Waals surface area contributed by atoms with E-state index >= 15 is 0 Å². The lowest BCUT2D eigenvalue weighted by molar-refractivity contribution is -0.157. The maximum Gasteiger partial charge on any atom is 0.321 e. The molecule has 0 unspecified atom stereocenters. The van der Waals surface area contributed by atoms with Gasteiger partial charge in [-0.2, -0.15) is 0 Å². The van der Waals surface area contributed by atoms with Crippen molar-refractivity contribution in [3.63, 3.8) is 0 Å². The lowest BCUT2D eigenvalue weighted by Crippen LogP contribution is -2.52. The molecular weight excluding hydrogens is 258 g/mol. The van der Waals surface area contributed by atoms with Gasteiger partial charge in [-0.15, -0.1) is 0 Å². The molecule has 1 fully saturated rings. The van der Waals surface area contributed by atoms with Gasteiger partial charge in [0, 0.05) is 13.1 Å². The molecule has 5 heteroatoms. The van der Waals surface area contributed by atoms with E-state index in [1.807, 2.05) is 30.3 Å². The third-order valence-electron chi connectivity index (χ3n) is 3.51. The van der Waals surface area contributed by atoms with Crippen LogP contribution in [0.3, 0.4) is 0 Å². The van der Waals surface area contributed by atoms with Crippen molar-refractivity contribution in [1.29, 1.82) is 0 Å². The Hall–Kier alpha value is -2.14. The van der Waals surface area contributed by atoms with Gasteiger partial charge in [-0.1, -0.05) is 42.5 Å². The fourth-order valence-electron chi connectivity index (χ4n) is 2.65. The van der Waals surface area contributed by atoms with E-state index in [0.717, 1.165) is 11.1 Å². The lowest BCUT2D eigenvalue weighted by atomic mass is 9.86. The monoisotopic (exact) mass is 275 g/mol. The van der Waals surface area contributed by atoms with Crippen molar-refractivity contribution in [2.45, 2.75) is 19.0 Å². The van der Waals surface area contributed by atoms with Gasteiger partial charge in [0.05, 0.1) is 5.92 Å². The summed E-state index contributed by atoms with van der Waals surface area (Å²) < 4.78 is 0. The van der Waals surface area contributed by atoms with E-state index < -0.39 is 23.9 Å². The Kier molecular flexibility index (Phi) is 4.20. The zero-order valence-electron chi connectivity index (χ0n) is 11.0. The van der Waals surface area contributed by atoms with Crippen LogP contribution in [-0.2, 0) is 16.1 Å². The molecule has 2 N–H and O–H groups in total. The molecule has 106 valence electrons. The SMILES string of the molecule is C=C1C[C@H](C(=O)O)[C@@H](C(=O)O)N(Cc2ccccc2)C1. The van der Waals surface area contributed by atoms with Crippen molar-refractivity contribution in [3.05, 3.63) is 48.0 Å². The molecule has 1 saturated heterocycles. The van der Waals surface area contributed by atoms with Crippen molar-refractivity contribution in [2.24, 2.45) is 5.92 Å². The van der Waals surface area contributed by atoms with Crippen molar-refractivity contribution in [2.75, 3.05) is 6.54 Å². The van der Waals surface area contributed by atoms with Gasteiger partial charge in [0.25, 0.3) is 0 Å². The molecule has 0 radical (unpaired) electrons. The van der Waals surface area contributed by atoms with Crippen molar-refractivity contribution in [1.82, 2.24) is 4.90 Å². The van der Waals surface area contributed by atoms with Gasteiger partial charge in [0.1, 0.15) is 6.04 Å². The number of hydrogen-bond donors (Lipinski definition) is 2. The quantitative estimate of drug-likeness (QED) is 0.816. The highest BCUT2D eigenvalue weighted by molar-refractivity contribution is 5.83. The Morgan fingerprint density at radius 3 is 2.40 bits per heavy atom. The summed E-state index contributed by atoms with van der Waals surface area (Å²) in [6, 6.07) is 8.40. The summed E-state index contributed by atoms with van der Waals surface area (Å²) in [6.45, 7) is 4.65. The van der Waals surface area contributed by atoms with Crippen molar-refractivity contribution < 1.29 is 19.8 Å². The van der Waals surface area contributed by atoms with Gasteiger partial charge in [0.15, 0.2) is 0 Å². The second kappa shape index (κ2) is 5.88. The number of carboxylic acid groups (broad SMARTS) is 2. The highest BCUT2D eigenvalue weighted by Gasteiger charge is 2.42. The molecule has 5 nitrogen and oxygen atoms in total. The maximum absolute atomic E-state index is 11.4. The van der Waals surface area contributed by atoms with Crippen molar-refractivity contribution >= 4 is 11.9 Å². The number of carboxylic acids is 2. The van der Waals surface area contributed by atoms with Crippen LogP contribution in [0.4, 0.5) is 0 Å². The number of hydrogen-bond acceptors (Lipinski definition) is 3. The first kappa shape index (κ1) is 14.3. The van der Waals surface area contributed by atoms with Gasteiger partial charge in [-0.25, -0.2) is 0 Å². The van der Waals surface area contributed by atoms with E-state index in [-0.39, 0.29) is 6.42 Å². The number of benzene rings is 1. The predicted molar refractivity (Wildman–Crippen MR) is 73.2 cm³/mol. The molecule has 20 heavy (non-hydrogen) atoms. The molecule has 0 saturated carbocycles. The van der Waals surface area contributed by atoms with Crippen LogP contribution >= 0.6 is 0 Å². The fraction of sp³-hybridized carbons (Fsp3) is 0.333. The zero-order chi connectivity index (χ0) is 14.7. The average molecular weight is 275 g/mol. The van der Waals surface area contributed by atoms with Crippen LogP contribution in [-0.4, -0.2) is 39.6 Å². The van der Waals surface area contributed by atoms with Crippen LogP contribution in [0.2, 0.25) is 0 Å². The molecule has 2 rings (SSSR count). The Morgan fingerprint density at radius 2 is 1.85 bits per heavy atom. The number of likely N-dealkylation sites (tertiary alicyclic amines) is 1. The molecule has 0 aromatic heterocycles. The Labute approximate surface area is 117 Å². The van der Waals surface area contributed by atoms with Gasteiger partial charge in [0.2, 0.25) is 0 Å².